The summed E-state index contributed by atoms with van der Waals surface area (Å²) in [5.74, 6) is 0. The molecule has 2 aromatic carbocycles. The third-order valence-electron chi connectivity index (χ3n) is 2.43. The molecule has 1 N–H and O–H groups in total. The number of hydrogen-bond donors (Lipinski definition) is 1. The van der Waals surface area contributed by atoms with E-state index in [1.807, 2.05) is 36.4 Å². The van der Waals surface area contributed by atoms with E-state index in [0.29, 0.717) is 21.6 Å². The molecule has 2 aromatic rings. The van der Waals surface area contributed by atoms with Crippen LogP contribution in [0.4, 0.5) is 5.69 Å². The van der Waals surface area contributed by atoms with Crippen molar-refractivity contribution < 1.29 is 4.74 Å². The van der Waals surface area contributed by atoms with Crippen molar-refractivity contribution in [2.75, 3.05) is 16.3 Å². The van der Waals surface area contributed by atoms with Gasteiger partial charge in [0, 0.05) is 0 Å². The number of benzene rings is 2. The van der Waals surface area contributed by atoms with Crippen LogP contribution in [-0.4, -0.2) is 25.9 Å². The first-order chi connectivity index (χ1) is 8.95. The molecule has 0 atom stereocenters. The van der Waals surface area contributed by atoms with Crippen LogP contribution in [0.25, 0.3) is 0 Å². The minimum absolute atomic E-state index is 0.477. The molecular weight excluding hydrogens is 289 g/mol. The Labute approximate surface area is 115 Å². The Morgan fingerprint density at radius 3 is 2.28 bits per heavy atom. The van der Waals surface area contributed by atoms with Crippen molar-refractivity contribution in [3.63, 3.8) is 0 Å². The van der Waals surface area contributed by atoms with E-state index in [-0.39, 0.29) is 0 Å². The minimum atomic E-state index is 0.477. The van der Waals surface area contributed by atoms with Gasteiger partial charge in [0.25, 0.3) is 0 Å². The second-order valence-electron chi connectivity index (χ2n) is 3.84. The van der Waals surface area contributed by atoms with E-state index < -0.39 is 0 Å². The van der Waals surface area contributed by atoms with Crippen LogP contribution in [0.5, 0.6) is 0 Å². The van der Waals surface area contributed by atoms with Gasteiger partial charge in [-0.2, -0.15) is 0 Å². The molecule has 0 radical (unpaired) electrons. The van der Waals surface area contributed by atoms with Crippen LogP contribution in [0.1, 0.15) is 5.56 Å². The summed E-state index contributed by atoms with van der Waals surface area (Å²) in [4.78, 5) is 0. The second kappa shape index (κ2) is 7.93. The average Bonchev–Trinajstić information content (AvgIpc) is 2.45. The molecule has 0 aliphatic heterocycles. The van der Waals surface area contributed by atoms with Gasteiger partial charge in [0.1, 0.15) is 0 Å². The number of para-hydroxylation sites is 1. The van der Waals surface area contributed by atoms with Gasteiger partial charge in [0.05, 0.1) is 0 Å². The van der Waals surface area contributed by atoms with Crippen molar-refractivity contribution in [3.05, 3.63) is 66.2 Å². The molecule has 0 aliphatic rings. The van der Waals surface area contributed by atoms with Crippen molar-refractivity contribution in [1.82, 2.24) is 0 Å². The molecule has 18 heavy (non-hydrogen) atoms. The van der Waals surface area contributed by atoms with Crippen LogP contribution in [0, 0.1) is 0 Å². The molecule has 0 saturated carbocycles. The van der Waals surface area contributed by atoms with Gasteiger partial charge in [0.15, 0.2) is 0 Å². The fourth-order valence-corrected chi connectivity index (χ4v) is 2.69. The summed E-state index contributed by atoms with van der Waals surface area (Å²) in [7, 11) is 0. The standard InChI is InChI=1S/C15H17NOSe/c1-3-7-14(8-4-1)11-17-13-18-12-16-15-9-5-2-6-10-15/h1-10,16H,11-13H2. The molecule has 0 heterocycles. The molecule has 0 saturated heterocycles. The summed E-state index contributed by atoms with van der Waals surface area (Å²) in [5, 5.41) is 3.39. The molecule has 0 bridgehead atoms. The summed E-state index contributed by atoms with van der Waals surface area (Å²) in [6.07, 6.45) is 0. The average molecular weight is 306 g/mol. The Bertz CT molecular complexity index is 389. The summed E-state index contributed by atoms with van der Waals surface area (Å²) in [5.41, 5.74) is 4.28. The van der Waals surface area contributed by atoms with Gasteiger partial charge in [0.2, 0.25) is 0 Å². The van der Waals surface area contributed by atoms with Gasteiger partial charge in [-0.15, -0.1) is 0 Å². The topological polar surface area (TPSA) is 21.3 Å². The number of rotatable bonds is 7. The normalized spacial score (nSPS) is 10.2. The van der Waals surface area contributed by atoms with Gasteiger partial charge >= 0.3 is 114 Å². The van der Waals surface area contributed by atoms with Gasteiger partial charge in [-0.1, -0.05) is 0 Å². The zero-order valence-electron chi connectivity index (χ0n) is 10.2. The van der Waals surface area contributed by atoms with E-state index in [1.54, 1.807) is 0 Å². The quantitative estimate of drug-likeness (QED) is 0.627. The van der Waals surface area contributed by atoms with Gasteiger partial charge in [-0.05, 0) is 0 Å². The van der Waals surface area contributed by atoms with Gasteiger partial charge in [-0.3, -0.25) is 0 Å². The first kappa shape index (κ1) is 13.2. The summed E-state index contributed by atoms with van der Waals surface area (Å²) in [6, 6.07) is 20.6. The molecule has 94 valence electrons. The SMILES string of the molecule is c1ccc(COC[Se]CNc2ccccc2)cc1. The van der Waals surface area contributed by atoms with E-state index in [4.69, 9.17) is 4.74 Å². The summed E-state index contributed by atoms with van der Waals surface area (Å²) in [6.45, 7) is 0.716. The Kier molecular flexibility index (Phi) is 5.80. The maximum atomic E-state index is 5.65. The van der Waals surface area contributed by atoms with Crippen LogP contribution in [0.2, 0.25) is 0 Å². The Morgan fingerprint density at radius 1 is 0.889 bits per heavy atom. The Balaban J connectivity index is 1.54. The third-order valence-corrected chi connectivity index (χ3v) is 3.86. The number of ether oxygens (including phenoxy) is 1. The Hall–Kier alpha value is -1.28. The first-order valence-corrected chi connectivity index (χ1v) is 8.36. The van der Waals surface area contributed by atoms with Crippen molar-refractivity contribution in [3.8, 4) is 0 Å². The second-order valence-corrected chi connectivity index (χ2v) is 5.80. The van der Waals surface area contributed by atoms with Gasteiger partial charge in [-0.25, -0.2) is 0 Å². The zero-order chi connectivity index (χ0) is 12.5. The molecule has 2 nitrogen and oxygen atoms in total. The fourth-order valence-electron chi connectivity index (χ4n) is 1.52. The molecule has 3 heteroatoms. The predicted octanol–water partition coefficient (Wildman–Crippen LogP) is 2.93. The van der Waals surface area contributed by atoms with Crippen molar-refractivity contribution >= 4 is 20.6 Å². The van der Waals surface area contributed by atoms with Crippen LogP contribution in [0.15, 0.2) is 60.7 Å². The van der Waals surface area contributed by atoms with Crippen molar-refractivity contribution in [2.45, 2.75) is 6.61 Å². The van der Waals surface area contributed by atoms with Crippen LogP contribution >= 0.6 is 0 Å². The molecule has 0 amide bonds. The third kappa shape index (κ3) is 4.92. The monoisotopic (exact) mass is 307 g/mol. The summed E-state index contributed by atoms with van der Waals surface area (Å²) < 4.78 is 5.65. The molecule has 0 aliphatic carbocycles. The number of nitrogens with one attached hydrogen (secondary N) is 1. The van der Waals surface area contributed by atoms with Crippen LogP contribution in [0.3, 0.4) is 0 Å². The van der Waals surface area contributed by atoms with Gasteiger partial charge < -0.3 is 0 Å². The van der Waals surface area contributed by atoms with E-state index in [0.717, 1.165) is 10.9 Å². The van der Waals surface area contributed by atoms with E-state index in [1.165, 1.54) is 11.3 Å². The summed E-state index contributed by atoms with van der Waals surface area (Å²) >= 11 is 0.477. The first-order valence-electron chi connectivity index (χ1n) is 5.93. The predicted molar refractivity (Wildman–Crippen MR) is 76.8 cm³/mol. The van der Waals surface area contributed by atoms with Crippen molar-refractivity contribution in [2.24, 2.45) is 0 Å². The number of hydrogen-bond acceptors (Lipinski definition) is 2. The fraction of sp³-hybridized carbons (Fsp3) is 0.200. The van der Waals surface area contributed by atoms with Crippen LogP contribution < -0.4 is 5.32 Å². The zero-order valence-corrected chi connectivity index (χ0v) is 11.9. The molecule has 0 aromatic heterocycles. The molecular formula is C15H17NOSe. The Morgan fingerprint density at radius 2 is 1.56 bits per heavy atom. The van der Waals surface area contributed by atoms with Crippen molar-refractivity contribution in [1.29, 1.82) is 0 Å². The van der Waals surface area contributed by atoms with Crippen LogP contribution in [-0.2, 0) is 11.3 Å². The molecule has 0 spiro atoms. The maximum absolute atomic E-state index is 5.65. The molecule has 0 fully saturated rings. The molecule has 2 rings (SSSR count). The van der Waals surface area contributed by atoms with E-state index in [9.17, 15) is 0 Å². The number of anilines is 1. The molecule has 0 unspecified atom stereocenters. The van der Waals surface area contributed by atoms with E-state index >= 15 is 0 Å². The van der Waals surface area contributed by atoms with E-state index in [2.05, 4.69) is 29.6 Å².